The van der Waals surface area contributed by atoms with Gasteiger partial charge in [0.25, 0.3) is 5.91 Å². The third-order valence-electron chi connectivity index (χ3n) is 4.39. The van der Waals surface area contributed by atoms with Crippen LogP contribution in [0.25, 0.3) is 0 Å². The van der Waals surface area contributed by atoms with E-state index in [0.29, 0.717) is 11.5 Å². The molecular formula is C13H17BrN4O. The number of nitrogens with two attached hydrogens (primary N) is 1. The fraction of sp³-hybridized carbons (Fsp3) is 0.615. The molecule has 0 bridgehead atoms. The summed E-state index contributed by atoms with van der Waals surface area (Å²) < 4.78 is 0.770. The molecule has 5 nitrogen and oxygen atoms in total. The molecule has 1 atom stereocenters. The SMILES string of the molecule is NC1CC12CCC(NC(=O)c1ncc(Br)cn1)CC2. The van der Waals surface area contributed by atoms with Crippen molar-refractivity contribution < 1.29 is 4.79 Å². The summed E-state index contributed by atoms with van der Waals surface area (Å²) in [6, 6.07) is 0.622. The van der Waals surface area contributed by atoms with Crippen molar-refractivity contribution in [1.29, 1.82) is 0 Å². The Labute approximate surface area is 120 Å². The van der Waals surface area contributed by atoms with E-state index in [0.717, 1.165) is 36.6 Å². The van der Waals surface area contributed by atoms with E-state index in [9.17, 15) is 4.79 Å². The minimum absolute atomic E-state index is 0.187. The lowest BCUT2D eigenvalue weighted by Gasteiger charge is -2.29. The molecular weight excluding hydrogens is 308 g/mol. The zero-order valence-corrected chi connectivity index (χ0v) is 12.2. The second-order valence-electron chi connectivity index (χ2n) is 5.65. The summed E-state index contributed by atoms with van der Waals surface area (Å²) in [5.41, 5.74) is 6.37. The Morgan fingerprint density at radius 3 is 2.47 bits per heavy atom. The lowest BCUT2D eigenvalue weighted by atomic mass is 9.83. The summed E-state index contributed by atoms with van der Waals surface area (Å²) in [4.78, 5) is 20.0. The van der Waals surface area contributed by atoms with Crippen molar-refractivity contribution >= 4 is 21.8 Å². The van der Waals surface area contributed by atoms with Crippen LogP contribution in [0.3, 0.4) is 0 Å². The predicted molar refractivity (Wildman–Crippen MR) is 74.5 cm³/mol. The van der Waals surface area contributed by atoms with Gasteiger partial charge in [0.05, 0.1) is 4.47 Å². The molecule has 102 valence electrons. The van der Waals surface area contributed by atoms with Crippen LogP contribution >= 0.6 is 15.9 Å². The van der Waals surface area contributed by atoms with Crippen molar-refractivity contribution in [2.75, 3.05) is 0 Å². The van der Waals surface area contributed by atoms with Gasteiger partial charge in [-0.05, 0) is 53.4 Å². The van der Waals surface area contributed by atoms with E-state index in [-0.39, 0.29) is 17.8 Å². The maximum atomic E-state index is 12.0. The van der Waals surface area contributed by atoms with Crippen LogP contribution in [-0.4, -0.2) is 28.0 Å². The largest absolute Gasteiger partial charge is 0.347 e. The third kappa shape index (κ3) is 2.65. The molecule has 2 saturated carbocycles. The van der Waals surface area contributed by atoms with Crippen LogP contribution in [-0.2, 0) is 0 Å². The molecule has 1 aromatic rings. The third-order valence-corrected chi connectivity index (χ3v) is 4.80. The van der Waals surface area contributed by atoms with Crippen molar-refractivity contribution in [1.82, 2.24) is 15.3 Å². The molecule has 2 aliphatic rings. The Balaban J connectivity index is 1.54. The van der Waals surface area contributed by atoms with Crippen LogP contribution in [0.1, 0.15) is 42.7 Å². The van der Waals surface area contributed by atoms with Gasteiger partial charge in [0.15, 0.2) is 0 Å². The average Bonchev–Trinajstić information content (AvgIpc) is 3.03. The lowest BCUT2D eigenvalue weighted by molar-refractivity contribution is 0.0908. The van der Waals surface area contributed by atoms with E-state index in [1.807, 2.05) is 0 Å². The number of halogens is 1. The van der Waals surface area contributed by atoms with Gasteiger partial charge in [-0.25, -0.2) is 9.97 Å². The second-order valence-corrected chi connectivity index (χ2v) is 6.56. The zero-order chi connectivity index (χ0) is 13.5. The minimum atomic E-state index is -0.187. The van der Waals surface area contributed by atoms with Gasteiger partial charge in [0, 0.05) is 24.5 Å². The normalized spacial score (nSPS) is 33.2. The molecule has 1 aromatic heterocycles. The van der Waals surface area contributed by atoms with E-state index in [2.05, 4.69) is 31.2 Å². The van der Waals surface area contributed by atoms with E-state index in [1.165, 1.54) is 0 Å². The van der Waals surface area contributed by atoms with Crippen LogP contribution in [0.15, 0.2) is 16.9 Å². The quantitative estimate of drug-likeness (QED) is 0.866. The first kappa shape index (κ1) is 13.0. The molecule has 3 rings (SSSR count). The van der Waals surface area contributed by atoms with Gasteiger partial charge in [-0.3, -0.25) is 4.79 Å². The fourth-order valence-electron chi connectivity index (χ4n) is 2.97. The highest BCUT2D eigenvalue weighted by atomic mass is 79.9. The Morgan fingerprint density at radius 1 is 1.37 bits per heavy atom. The topological polar surface area (TPSA) is 80.9 Å². The summed E-state index contributed by atoms with van der Waals surface area (Å²) in [5.74, 6) is 0.0418. The van der Waals surface area contributed by atoms with Crippen LogP contribution in [0.4, 0.5) is 0 Å². The Morgan fingerprint density at radius 2 is 1.95 bits per heavy atom. The predicted octanol–water partition coefficient (Wildman–Crippen LogP) is 1.63. The van der Waals surface area contributed by atoms with Gasteiger partial charge in [0.1, 0.15) is 0 Å². The Hall–Kier alpha value is -1.01. The van der Waals surface area contributed by atoms with Crippen LogP contribution in [0, 0.1) is 5.41 Å². The van der Waals surface area contributed by atoms with Gasteiger partial charge in [-0.1, -0.05) is 0 Å². The van der Waals surface area contributed by atoms with E-state index >= 15 is 0 Å². The fourth-order valence-corrected chi connectivity index (χ4v) is 3.18. The first-order chi connectivity index (χ1) is 9.09. The summed E-state index contributed by atoms with van der Waals surface area (Å²) in [5, 5.41) is 3.01. The number of nitrogens with zero attached hydrogens (tertiary/aromatic N) is 2. The van der Waals surface area contributed by atoms with Crippen molar-refractivity contribution in [2.24, 2.45) is 11.1 Å². The number of carbonyl (C=O) groups excluding carboxylic acids is 1. The zero-order valence-electron chi connectivity index (χ0n) is 10.6. The number of carbonyl (C=O) groups is 1. The van der Waals surface area contributed by atoms with Gasteiger partial charge in [-0.2, -0.15) is 0 Å². The maximum absolute atomic E-state index is 12.0. The molecule has 3 N–H and O–H groups in total. The molecule has 0 radical (unpaired) electrons. The van der Waals surface area contributed by atoms with E-state index in [4.69, 9.17) is 5.73 Å². The molecule has 19 heavy (non-hydrogen) atoms. The van der Waals surface area contributed by atoms with E-state index < -0.39 is 0 Å². The van der Waals surface area contributed by atoms with Crippen molar-refractivity contribution in [3.8, 4) is 0 Å². The first-order valence-corrected chi connectivity index (χ1v) is 7.42. The highest BCUT2D eigenvalue weighted by Gasteiger charge is 2.52. The van der Waals surface area contributed by atoms with Gasteiger partial charge in [0.2, 0.25) is 5.82 Å². The lowest BCUT2D eigenvalue weighted by Crippen LogP contribution is -2.39. The average molecular weight is 325 g/mol. The Bertz CT molecular complexity index is 482. The monoisotopic (exact) mass is 324 g/mol. The molecule has 1 unspecified atom stereocenters. The number of amides is 1. The van der Waals surface area contributed by atoms with Crippen molar-refractivity contribution in [2.45, 2.75) is 44.2 Å². The number of hydrogen-bond donors (Lipinski definition) is 2. The smallest absolute Gasteiger partial charge is 0.289 e. The summed E-state index contributed by atoms with van der Waals surface area (Å²) in [6.45, 7) is 0. The Kier molecular flexibility index (Phi) is 3.30. The van der Waals surface area contributed by atoms with Gasteiger partial charge >= 0.3 is 0 Å². The van der Waals surface area contributed by atoms with Crippen LogP contribution in [0.2, 0.25) is 0 Å². The molecule has 2 fully saturated rings. The highest BCUT2D eigenvalue weighted by molar-refractivity contribution is 9.10. The van der Waals surface area contributed by atoms with Crippen molar-refractivity contribution in [3.05, 3.63) is 22.7 Å². The van der Waals surface area contributed by atoms with Crippen LogP contribution in [0.5, 0.6) is 0 Å². The highest BCUT2D eigenvalue weighted by Crippen LogP contribution is 2.54. The second kappa shape index (κ2) is 4.83. The molecule has 1 amide bonds. The minimum Gasteiger partial charge on any atom is -0.347 e. The molecule has 6 heteroatoms. The number of aromatic nitrogens is 2. The van der Waals surface area contributed by atoms with Crippen molar-refractivity contribution in [3.63, 3.8) is 0 Å². The van der Waals surface area contributed by atoms with E-state index in [1.54, 1.807) is 12.4 Å². The number of rotatable bonds is 2. The standard InChI is InChI=1S/C13H17BrN4O/c14-8-6-16-11(17-7-8)12(19)18-9-1-3-13(4-2-9)5-10(13)15/h6-7,9-10H,1-5,15H2,(H,18,19). The van der Waals surface area contributed by atoms with Crippen LogP contribution < -0.4 is 11.1 Å². The first-order valence-electron chi connectivity index (χ1n) is 6.63. The molecule has 0 saturated heterocycles. The summed E-state index contributed by atoms with van der Waals surface area (Å²) in [7, 11) is 0. The number of hydrogen-bond acceptors (Lipinski definition) is 4. The molecule has 1 heterocycles. The molecule has 1 spiro atoms. The van der Waals surface area contributed by atoms with Gasteiger partial charge < -0.3 is 11.1 Å². The summed E-state index contributed by atoms with van der Waals surface area (Å²) >= 11 is 3.25. The maximum Gasteiger partial charge on any atom is 0.289 e. The number of nitrogens with one attached hydrogen (secondary N) is 1. The molecule has 0 aliphatic heterocycles. The molecule has 0 aromatic carbocycles. The molecule has 2 aliphatic carbocycles. The van der Waals surface area contributed by atoms with Gasteiger partial charge in [-0.15, -0.1) is 0 Å². The summed E-state index contributed by atoms with van der Waals surface area (Å²) in [6.07, 6.45) is 8.60.